The number of carbonyl (C=O) groups is 8. The summed E-state index contributed by atoms with van der Waals surface area (Å²) in [5.41, 5.74) is 23.6. The number of nitrogen functional groups attached to an aromatic ring is 1. The molecular weight excluding hydrogens is 889 g/mol. The highest BCUT2D eigenvalue weighted by Gasteiger charge is 2.33. The molecule has 0 unspecified atom stereocenters. The van der Waals surface area contributed by atoms with E-state index in [1.54, 1.807) is 38.1 Å². The number of amides is 8. The van der Waals surface area contributed by atoms with Crippen molar-refractivity contribution >= 4 is 59.1 Å². The normalized spacial score (nSPS) is 13.8. The number of nitrogens with zero attached hydrogens (tertiary/aromatic N) is 1. The Hall–Kier alpha value is -6.32. The van der Waals surface area contributed by atoms with E-state index in [1.807, 2.05) is 41.5 Å². The molecule has 22 heteroatoms. The second-order valence-electron chi connectivity index (χ2n) is 19.0. The quantitative estimate of drug-likeness (QED) is 0.0250. The molecule has 0 spiro atoms. The van der Waals surface area contributed by atoms with Gasteiger partial charge in [0.15, 0.2) is 5.96 Å². The summed E-state index contributed by atoms with van der Waals surface area (Å²) < 4.78 is 0. The number of nitrogens with one attached hydrogen (secondary N) is 9. The number of nitrogens with two attached hydrogens (primary N) is 4. The van der Waals surface area contributed by atoms with Gasteiger partial charge in [0.25, 0.3) is 0 Å². The van der Waals surface area contributed by atoms with Gasteiger partial charge in [-0.15, -0.1) is 0 Å². The van der Waals surface area contributed by atoms with Crippen LogP contribution in [-0.4, -0.2) is 115 Å². The molecule has 0 aromatic heterocycles. The Morgan fingerprint density at radius 3 is 1.52 bits per heavy atom. The maximum absolute atomic E-state index is 14.1. The first-order valence-electron chi connectivity index (χ1n) is 23.9. The van der Waals surface area contributed by atoms with Crippen LogP contribution in [0.15, 0.2) is 29.3 Å². The van der Waals surface area contributed by atoms with Crippen molar-refractivity contribution in [1.29, 1.82) is 5.41 Å². The molecule has 0 aliphatic heterocycles. The van der Waals surface area contributed by atoms with Crippen molar-refractivity contribution in [3.8, 4) is 0 Å². The van der Waals surface area contributed by atoms with Crippen molar-refractivity contribution in [2.75, 3.05) is 19.6 Å². The highest BCUT2D eigenvalue weighted by Crippen LogP contribution is 2.12. The summed E-state index contributed by atoms with van der Waals surface area (Å²) in [5, 5.41) is 29.3. The number of guanidine groups is 1. The summed E-state index contributed by atoms with van der Waals surface area (Å²) in [5.74, 6) is -5.60. The average Bonchev–Trinajstić information content (AvgIpc) is 3.25. The van der Waals surface area contributed by atoms with E-state index in [0.717, 1.165) is 5.56 Å². The van der Waals surface area contributed by atoms with Gasteiger partial charge < -0.3 is 65.5 Å². The lowest BCUT2D eigenvalue weighted by atomic mass is 9.99. The first kappa shape index (κ1) is 60.7. The van der Waals surface area contributed by atoms with Crippen LogP contribution < -0.4 is 65.5 Å². The summed E-state index contributed by atoms with van der Waals surface area (Å²) in [7, 11) is 0. The fraction of sp³-hybridized carbons (Fsp3) is 0.660. The highest BCUT2D eigenvalue weighted by atomic mass is 16.2. The minimum absolute atomic E-state index is 0.0274. The van der Waals surface area contributed by atoms with Crippen LogP contribution in [0.5, 0.6) is 0 Å². The molecule has 69 heavy (non-hydrogen) atoms. The Morgan fingerprint density at radius 2 is 1.03 bits per heavy atom. The molecule has 0 fully saturated rings. The van der Waals surface area contributed by atoms with Gasteiger partial charge in [-0.3, -0.25) is 48.8 Å². The van der Waals surface area contributed by atoms with E-state index in [-0.39, 0.29) is 74.7 Å². The van der Waals surface area contributed by atoms with Gasteiger partial charge in [-0.25, -0.2) is 0 Å². The van der Waals surface area contributed by atoms with E-state index in [9.17, 15) is 38.4 Å². The zero-order chi connectivity index (χ0) is 52.4. The Balaban J connectivity index is 3.26. The summed E-state index contributed by atoms with van der Waals surface area (Å²) in [6.45, 7) is 16.0. The molecule has 0 aliphatic carbocycles. The number of benzene rings is 1. The lowest BCUT2D eigenvalue weighted by Gasteiger charge is -2.28. The molecule has 0 heterocycles. The Labute approximate surface area is 407 Å². The van der Waals surface area contributed by atoms with Crippen LogP contribution in [0.1, 0.15) is 125 Å². The molecule has 22 nitrogen and oxygen atoms in total. The predicted octanol–water partition coefficient (Wildman–Crippen LogP) is -0.391. The van der Waals surface area contributed by atoms with Gasteiger partial charge in [-0.1, -0.05) is 79.7 Å². The van der Waals surface area contributed by atoms with E-state index in [2.05, 4.69) is 47.5 Å². The molecule has 1 aromatic rings. The van der Waals surface area contributed by atoms with Gasteiger partial charge in [0, 0.05) is 25.6 Å². The molecule has 1 aromatic carbocycles. The highest BCUT2D eigenvalue weighted by molar-refractivity contribution is 5.97. The zero-order valence-corrected chi connectivity index (χ0v) is 42.1. The number of hydrogen-bond acceptors (Lipinski definition) is 11. The largest absolute Gasteiger partial charge is 0.384 e. The molecule has 0 bridgehead atoms. The summed E-state index contributed by atoms with van der Waals surface area (Å²) in [6, 6.07) is 0.369. The zero-order valence-electron chi connectivity index (χ0n) is 42.1. The fourth-order valence-corrected chi connectivity index (χ4v) is 7.13. The first-order valence-corrected chi connectivity index (χ1v) is 23.9. The standard InChI is InChI=1S/C47H82N14O8/c1-26(2)21-35(60-44(67)36(22-27(3)4)56-30(9)62)42(65)55-25-38(63)57-37(23-28(5)6)45(68)58-34(14-12-20-53-47(51)52)43(66)61-39(29(7)8)46(69)59-33(13-10-11-19-48)41(64)54-24-31-15-17-32(18-16-31)40(49)50/h15-18,26-29,33-37,39H,10-14,19-25,48H2,1-9H3,(H3,49,50)(H,54,64)(H,55,65)(H,56,62)(H,57,63)(H,58,68)(H,59,69)(H,60,67)(H,61,66)(H4,51,52,53)/t33-,34-,35-,36-,37-,39-/m0/s1. The monoisotopic (exact) mass is 971 g/mol. The lowest BCUT2D eigenvalue weighted by molar-refractivity contribution is -0.135. The molecule has 17 N–H and O–H groups in total. The molecule has 0 radical (unpaired) electrons. The van der Waals surface area contributed by atoms with Crippen LogP contribution in [0.3, 0.4) is 0 Å². The third-order valence-corrected chi connectivity index (χ3v) is 10.7. The minimum atomic E-state index is -1.23. The van der Waals surface area contributed by atoms with Crippen molar-refractivity contribution in [3.63, 3.8) is 0 Å². The number of rotatable bonds is 32. The topological polar surface area (TPSA) is 373 Å². The maximum atomic E-state index is 14.1. The third kappa shape index (κ3) is 25.0. The maximum Gasteiger partial charge on any atom is 0.243 e. The van der Waals surface area contributed by atoms with Crippen LogP contribution in [-0.2, 0) is 44.9 Å². The van der Waals surface area contributed by atoms with Crippen LogP contribution in [0.4, 0.5) is 0 Å². The second kappa shape index (κ2) is 31.7. The van der Waals surface area contributed by atoms with Crippen molar-refractivity contribution in [3.05, 3.63) is 35.4 Å². The molecule has 0 aliphatic rings. The SMILES string of the molecule is CC(=O)N[C@@H](CC(C)C)C(=O)N[C@@H](CC(C)C)C(=O)NCC(=O)N[C@@H](CC(C)C)C(=O)N[C@@H](CCCN=C(N)N)C(=O)N[C@H](C(=O)N[C@@H](CCCCN)C(=O)NCc1ccc(C(=N)N)cc1)C(C)C. The van der Waals surface area contributed by atoms with Crippen molar-refractivity contribution < 1.29 is 38.4 Å². The Kier molecular flexibility index (Phi) is 27.9. The van der Waals surface area contributed by atoms with E-state index in [1.165, 1.54) is 6.92 Å². The van der Waals surface area contributed by atoms with E-state index < -0.39 is 96.0 Å². The molecule has 0 saturated carbocycles. The van der Waals surface area contributed by atoms with Crippen LogP contribution in [0.2, 0.25) is 0 Å². The van der Waals surface area contributed by atoms with Gasteiger partial charge in [-0.2, -0.15) is 0 Å². The van der Waals surface area contributed by atoms with Gasteiger partial charge in [0.05, 0.1) is 6.54 Å². The molecule has 388 valence electrons. The molecule has 8 amide bonds. The second-order valence-corrected chi connectivity index (χ2v) is 19.0. The molecule has 6 atom stereocenters. The van der Waals surface area contributed by atoms with E-state index in [0.29, 0.717) is 31.4 Å². The van der Waals surface area contributed by atoms with Gasteiger partial charge in [0.1, 0.15) is 42.1 Å². The summed E-state index contributed by atoms with van der Waals surface area (Å²) in [4.78, 5) is 111. The first-order chi connectivity index (χ1) is 32.3. The van der Waals surface area contributed by atoms with Crippen molar-refractivity contribution in [2.24, 2.45) is 51.6 Å². The van der Waals surface area contributed by atoms with E-state index >= 15 is 0 Å². The Morgan fingerprint density at radius 1 is 0.565 bits per heavy atom. The smallest absolute Gasteiger partial charge is 0.243 e. The molecule has 1 rings (SSSR count). The van der Waals surface area contributed by atoms with Gasteiger partial charge in [0.2, 0.25) is 47.3 Å². The van der Waals surface area contributed by atoms with Crippen LogP contribution >= 0.6 is 0 Å². The number of carbonyl (C=O) groups excluding carboxylic acids is 8. The fourth-order valence-electron chi connectivity index (χ4n) is 7.13. The summed E-state index contributed by atoms with van der Waals surface area (Å²) in [6.07, 6.45) is 2.39. The van der Waals surface area contributed by atoms with Gasteiger partial charge >= 0.3 is 0 Å². The minimum Gasteiger partial charge on any atom is -0.384 e. The molecule has 0 saturated heterocycles. The number of amidine groups is 1. The predicted molar refractivity (Wildman–Crippen MR) is 266 cm³/mol. The average molecular weight is 971 g/mol. The number of unbranched alkanes of at least 4 members (excludes halogenated alkanes) is 1. The number of aliphatic imine (C=N–C) groups is 1. The van der Waals surface area contributed by atoms with Crippen molar-refractivity contribution in [1.82, 2.24) is 42.5 Å². The Bertz CT molecular complexity index is 1890. The molecular formula is C47H82N14O8. The van der Waals surface area contributed by atoms with E-state index in [4.69, 9.17) is 28.3 Å². The third-order valence-electron chi connectivity index (χ3n) is 10.7. The van der Waals surface area contributed by atoms with Crippen LogP contribution in [0, 0.1) is 29.1 Å². The lowest BCUT2D eigenvalue weighted by Crippen LogP contribution is -2.59. The summed E-state index contributed by atoms with van der Waals surface area (Å²) >= 11 is 0. The van der Waals surface area contributed by atoms with Gasteiger partial charge in [-0.05, 0) is 87.1 Å². The van der Waals surface area contributed by atoms with Crippen molar-refractivity contribution in [2.45, 2.75) is 156 Å². The van der Waals surface area contributed by atoms with Crippen LogP contribution in [0.25, 0.3) is 0 Å². The number of hydrogen-bond donors (Lipinski definition) is 13.